The highest BCUT2D eigenvalue weighted by molar-refractivity contribution is 5.35. The average Bonchev–Trinajstić information content (AvgIpc) is 2.52. The number of nitro groups is 1. The summed E-state index contributed by atoms with van der Waals surface area (Å²) in [6, 6.07) is 7.14. The van der Waals surface area contributed by atoms with Crippen LogP contribution in [0.5, 0.6) is 0 Å². The Morgan fingerprint density at radius 1 is 1.52 bits per heavy atom. The lowest BCUT2D eigenvalue weighted by molar-refractivity contribution is -0.384. The Balaban J connectivity index is 2.00. The van der Waals surface area contributed by atoms with E-state index in [2.05, 4.69) is 12.2 Å². The summed E-state index contributed by atoms with van der Waals surface area (Å²) in [4.78, 5) is 10.6. The molecule has 2 atom stereocenters. The van der Waals surface area contributed by atoms with Gasteiger partial charge in [0.25, 0.3) is 5.69 Å². The molecular formula is C16H24N2O3. The van der Waals surface area contributed by atoms with Crippen molar-refractivity contribution >= 4 is 5.69 Å². The molecule has 1 aliphatic heterocycles. The molecular weight excluding hydrogens is 268 g/mol. The maximum Gasteiger partial charge on any atom is 0.269 e. The summed E-state index contributed by atoms with van der Waals surface area (Å²) in [5.74, 6) is 0.553. The Labute approximate surface area is 125 Å². The second-order valence-electron chi connectivity index (χ2n) is 5.68. The Morgan fingerprint density at radius 2 is 2.38 bits per heavy atom. The zero-order chi connectivity index (χ0) is 15.1. The molecule has 0 aromatic heterocycles. The summed E-state index contributed by atoms with van der Waals surface area (Å²) in [7, 11) is 0. The van der Waals surface area contributed by atoms with Crippen molar-refractivity contribution in [2.75, 3.05) is 19.8 Å². The molecule has 0 spiro atoms. The third kappa shape index (κ3) is 4.79. The first-order chi connectivity index (χ1) is 10.2. The van der Waals surface area contributed by atoms with Crippen LogP contribution in [0.3, 0.4) is 0 Å². The van der Waals surface area contributed by atoms with E-state index in [1.54, 1.807) is 18.2 Å². The highest BCUT2D eigenvalue weighted by Gasteiger charge is 2.18. The summed E-state index contributed by atoms with van der Waals surface area (Å²) in [5.41, 5.74) is 1.17. The van der Waals surface area contributed by atoms with Crippen molar-refractivity contribution in [2.45, 2.75) is 38.6 Å². The molecule has 2 rings (SSSR count). The molecule has 1 saturated heterocycles. The highest BCUT2D eigenvalue weighted by Crippen LogP contribution is 2.23. The molecule has 0 bridgehead atoms. The molecule has 1 N–H and O–H groups in total. The van der Waals surface area contributed by atoms with Crippen LogP contribution < -0.4 is 5.32 Å². The van der Waals surface area contributed by atoms with E-state index in [0.29, 0.717) is 5.92 Å². The molecule has 0 saturated carbocycles. The Morgan fingerprint density at radius 3 is 3.05 bits per heavy atom. The number of rotatable bonds is 7. The van der Waals surface area contributed by atoms with Crippen molar-refractivity contribution in [3.05, 3.63) is 39.9 Å². The molecule has 21 heavy (non-hydrogen) atoms. The summed E-state index contributed by atoms with van der Waals surface area (Å²) in [6.07, 6.45) is 4.35. The molecule has 0 amide bonds. The van der Waals surface area contributed by atoms with Crippen LogP contribution in [0.2, 0.25) is 0 Å². The minimum absolute atomic E-state index is 0.163. The van der Waals surface area contributed by atoms with Gasteiger partial charge < -0.3 is 10.1 Å². The molecule has 1 aromatic carbocycles. The first-order valence-electron chi connectivity index (χ1n) is 7.76. The van der Waals surface area contributed by atoms with Crippen molar-refractivity contribution in [2.24, 2.45) is 5.92 Å². The summed E-state index contributed by atoms with van der Waals surface area (Å²) < 4.78 is 5.50. The number of nitrogens with zero attached hydrogens (tertiary/aromatic N) is 1. The topological polar surface area (TPSA) is 64.4 Å². The van der Waals surface area contributed by atoms with Crippen LogP contribution in [-0.4, -0.2) is 24.7 Å². The third-order valence-electron chi connectivity index (χ3n) is 3.97. The first-order valence-corrected chi connectivity index (χ1v) is 7.76. The number of nitrogens with one attached hydrogen (secondary N) is 1. The predicted octanol–water partition coefficient (Wildman–Crippen LogP) is 3.45. The monoisotopic (exact) mass is 292 g/mol. The van der Waals surface area contributed by atoms with Crippen LogP contribution in [0.4, 0.5) is 5.69 Å². The first kappa shape index (κ1) is 15.9. The Hall–Kier alpha value is -1.46. The smallest absolute Gasteiger partial charge is 0.269 e. The fraction of sp³-hybridized carbons (Fsp3) is 0.625. The largest absolute Gasteiger partial charge is 0.381 e. The van der Waals surface area contributed by atoms with Gasteiger partial charge in [-0.1, -0.05) is 25.5 Å². The number of nitro benzene ring substituents is 1. The number of hydrogen-bond donors (Lipinski definition) is 1. The van der Waals surface area contributed by atoms with Crippen LogP contribution in [0.15, 0.2) is 24.3 Å². The van der Waals surface area contributed by atoms with E-state index >= 15 is 0 Å². The minimum atomic E-state index is -0.332. The molecule has 0 radical (unpaired) electrons. The SMILES string of the molecule is CCCC(NCC1CCCOC1)c1cccc([N+](=O)[O-])c1. The lowest BCUT2D eigenvalue weighted by Gasteiger charge is -2.26. The van der Waals surface area contributed by atoms with Gasteiger partial charge in [0.05, 0.1) is 11.5 Å². The van der Waals surface area contributed by atoms with Gasteiger partial charge in [0.2, 0.25) is 0 Å². The van der Waals surface area contributed by atoms with Crippen molar-refractivity contribution < 1.29 is 9.66 Å². The summed E-state index contributed by atoms with van der Waals surface area (Å²) in [6.45, 7) is 4.74. The maximum atomic E-state index is 10.9. The van der Waals surface area contributed by atoms with Crippen LogP contribution in [-0.2, 0) is 4.74 Å². The fourth-order valence-corrected chi connectivity index (χ4v) is 2.81. The lowest BCUT2D eigenvalue weighted by Crippen LogP contribution is -2.31. The summed E-state index contributed by atoms with van der Waals surface area (Å²) >= 11 is 0. The molecule has 0 aliphatic carbocycles. The van der Waals surface area contributed by atoms with Gasteiger partial charge in [-0.15, -0.1) is 0 Å². The second kappa shape index (κ2) is 8.10. The van der Waals surface area contributed by atoms with Crippen LogP contribution in [0.25, 0.3) is 0 Å². The standard InChI is InChI=1S/C16H24N2O3/c1-2-5-16(17-11-13-6-4-9-21-12-13)14-7-3-8-15(10-14)18(19)20/h3,7-8,10,13,16-17H,2,4-6,9,11-12H2,1H3. The van der Waals surface area contributed by atoms with Gasteiger partial charge in [0.15, 0.2) is 0 Å². The van der Waals surface area contributed by atoms with Gasteiger partial charge in [-0.3, -0.25) is 10.1 Å². The summed E-state index contributed by atoms with van der Waals surface area (Å²) in [5, 5.41) is 14.5. The van der Waals surface area contributed by atoms with E-state index in [-0.39, 0.29) is 16.7 Å². The van der Waals surface area contributed by atoms with Crippen LogP contribution in [0, 0.1) is 16.0 Å². The van der Waals surface area contributed by atoms with Gasteiger partial charge in [-0.25, -0.2) is 0 Å². The van der Waals surface area contributed by atoms with Crippen LogP contribution >= 0.6 is 0 Å². The van der Waals surface area contributed by atoms with E-state index < -0.39 is 0 Å². The number of benzene rings is 1. The highest BCUT2D eigenvalue weighted by atomic mass is 16.6. The Bertz CT molecular complexity index is 459. The van der Waals surface area contributed by atoms with E-state index in [4.69, 9.17) is 4.74 Å². The molecule has 1 fully saturated rings. The van der Waals surface area contributed by atoms with Crippen LogP contribution in [0.1, 0.15) is 44.2 Å². The second-order valence-corrected chi connectivity index (χ2v) is 5.68. The lowest BCUT2D eigenvalue weighted by atomic mass is 9.98. The van der Waals surface area contributed by atoms with E-state index in [1.807, 2.05) is 6.07 Å². The van der Waals surface area contributed by atoms with E-state index in [0.717, 1.165) is 44.6 Å². The van der Waals surface area contributed by atoms with Crippen molar-refractivity contribution in [1.29, 1.82) is 0 Å². The molecule has 5 nitrogen and oxygen atoms in total. The van der Waals surface area contributed by atoms with Gasteiger partial charge in [-0.2, -0.15) is 0 Å². The maximum absolute atomic E-state index is 10.9. The quantitative estimate of drug-likeness (QED) is 0.617. The zero-order valence-electron chi connectivity index (χ0n) is 12.6. The number of hydrogen-bond acceptors (Lipinski definition) is 4. The third-order valence-corrected chi connectivity index (χ3v) is 3.97. The van der Waals surface area contributed by atoms with Gasteiger partial charge >= 0.3 is 0 Å². The Kier molecular flexibility index (Phi) is 6.14. The molecule has 2 unspecified atom stereocenters. The molecule has 116 valence electrons. The van der Waals surface area contributed by atoms with Gasteiger partial charge in [0, 0.05) is 31.3 Å². The zero-order valence-corrected chi connectivity index (χ0v) is 12.6. The van der Waals surface area contributed by atoms with Crippen molar-refractivity contribution in [1.82, 2.24) is 5.32 Å². The minimum Gasteiger partial charge on any atom is -0.381 e. The average molecular weight is 292 g/mol. The number of ether oxygens (including phenoxy) is 1. The predicted molar refractivity (Wildman–Crippen MR) is 82.3 cm³/mol. The molecule has 1 aliphatic rings. The normalized spacial score (nSPS) is 20.1. The molecule has 1 aromatic rings. The van der Waals surface area contributed by atoms with Crippen molar-refractivity contribution in [3.63, 3.8) is 0 Å². The van der Waals surface area contributed by atoms with E-state index in [1.165, 1.54) is 6.42 Å². The van der Waals surface area contributed by atoms with Crippen molar-refractivity contribution in [3.8, 4) is 0 Å². The van der Waals surface area contributed by atoms with E-state index in [9.17, 15) is 10.1 Å². The number of non-ortho nitro benzene ring substituents is 1. The fourth-order valence-electron chi connectivity index (χ4n) is 2.81. The van der Waals surface area contributed by atoms with Gasteiger partial charge in [0.1, 0.15) is 0 Å². The molecule has 5 heteroatoms. The van der Waals surface area contributed by atoms with Gasteiger partial charge in [-0.05, 0) is 30.7 Å². The molecule has 1 heterocycles.